The van der Waals surface area contributed by atoms with Crippen LogP contribution in [0, 0.1) is 12.8 Å². The summed E-state index contributed by atoms with van der Waals surface area (Å²) in [5, 5.41) is 5.99. The molecule has 2 heterocycles. The zero-order chi connectivity index (χ0) is 21.6. The summed E-state index contributed by atoms with van der Waals surface area (Å²) in [7, 11) is 0. The maximum Gasteiger partial charge on any atom is 0.321 e. The summed E-state index contributed by atoms with van der Waals surface area (Å²) in [4.78, 5) is 29.7. The Balaban J connectivity index is 1.31. The Hall–Kier alpha value is -3.02. The van der Waals surface area contributed by atoms with E-state index in [0.29, 0.717) is 13.1 Å². The summed E-state index contributed by atoms with van der Waals surface area (Å²) in [6.45, 7) is 5.32. The highest BCUT2D eigenvalue weighted by Crippen LogP contribution is 2.24. The van der Waals surface area contributed by atoms with Crippen LogP contribution in [0.2, 0.25) is 0 Å². The molecule has 2 N–H and O–H groups in total. The van der Waals surface area contributed by atoms with Gasteiger partial charge in [0, 0.05) is 43.2 Å². The van der Waals surface area contributed by atoms with Gasteiger partial charge in [0.2, 0.25) is 5.91 Å². The number of carbonyl (C=O) groups is 2. The third-order valence-corrected chi connectivity index (χ3v) is 6.20. The fourth-order valence-corrected chi connectivity index (χ4v) is 4.45. The number of urea groups is 1. The van der Waals surface area contributed by atoms with Gasteiger partial charge < -0.3 is 20.4 Å². The molecule has 3 amide bonds. The van der Waals surface area contributed by atoms with Crippen LogP contribution >= 0.6 is 0 Å². The molecule has 0 radical (unpaired) electrons. The predicted octanol–water partition coefficient (Wildman–Crippen LogP) is 4.87. The lowest BCUT2D eigenvalue weighted by Gasteiger charge is -2.32. The second kappa shape index (κ2) is 9.86. The summed E-state index contributed by atoms with van der Waals surface area (Å²) < 4.78 is 0. The summed E-state index contributed by atoms with van der Waals surface area (Å²) >= 11 is 0. The zero-order valence-corrected chi connectivity index (χ0v) is 18.3. The smallest absolute Gasteiger partial charge is 0.321 e. The number of benzene rings is 2. The monoisotopic (exact) mass is 420 g/mol. The number of nitrogens with zero attached hydrogens (tertiary/aromatic N) is 2. The van der Waals surface area contributed by atoms with E-state index in [0.717, 1.165) is 42.9 Å². The first-order valence-corrected chi connectivity index (χ1v) is 11.4. The Morgan fingerprint density at radius 3 is 2.39 bits per heavy atom. The third kappa shape index (κ3) is 5.57. The number of anilines is 3. The van der Waals surface area contributed by atoms with Gasteiger partial charge in [-0.2, -0.15) is 0 Å². The normalized spacial score (nSPS) is 19.1. The molecule has 164 valence electrons. The maximum absolute atomic E-state index is 12.8. The molecule has 0 bridgehead atoms. The number of hydrogen-bond acceptors (Lipinski definition) is 3. The van der Waals surface area contributed by atoms with Crippen molar-refractivity contribution in [3.8, 4) is 0 Å². The number of piperidine rings is 2. The number of aryl methyl sites for hydroxylation is 1. The fraction of sp³-hybridized carbons (Fsp3) is 0.440. The largest absolute Gasteiger partial charge is 0.372 e. The summed E-state index contributed by atoms with van der Waals surface area (Å²) in [6.07, 6.45) is 5.42. The molecule has 1 atom stereocenters. The SMILES string of the molecule is Cc1cccc(NC(=O)N2CCCC(C(=O)Nc3ccc(N4CCCCC4)cc3)C2)c1. The molecular formula is C25H32N4O2. The molecule has 6 nitrogen and oxygen atoms in total. The van der Waals surface area contributed by atoms with Crippen molar-refractivity contribution < 1.29 is 9.59 Å². The van der Waals surface area contributed by atoms with E-state index in [1.807, 2.05) is 43.3 Å². The number of nitrogens with one attached hydrogen (secondary N) is 2. The standard InChI is InChI=1S/C25H32N4O2/c1-19-7-5-9-22(17-19)27-25(31)29-16-6-8-20(18-29)24(30)26-21-10-12-23(13-11-21)28-14-3-2-4-15-28/h5,7,9-13,17,20H,2-4,6,8,14-16,18H2,1H3,(H,26,30)(H,27,31). The Bertz CT molecular complexity index is 906. The van der Waals surface area contributed by atoms with E-state index in [9.17, 15) is 9.59 Å². The van der Waals surface area contributed by atoms with Crippen LogP contribution in [0.1, 0.15) is 37.7 Å². The van der Waals surface area contributed by atoms with Crippen LogP contribution in [0.3, 0.4) is 0 Å². The average molecular weight is 421 g/mol. The molecule has 0 saturated carbocycles. The fourth-order valence-electron chi connectivity index (χ4n) is 4.45. The van der Waals surface area contributed by atoms with Crippen molar-refractivity contribution in [2.75, 3.05) is 41.7 Å². The van der Waals surface area contributed by atoms with Gasteiger partial charge in [-0.05, 0) is 81.0 Å². The average Bonchev–Trinajstić information content (AvgIpc) is 2.80. The first-order chi connectivity index (χ1) is 15.1. The molecule has 31 heavy (non-hydrogen) atoms. The van der Waals surface area contributed by atoms with Gasteiger partial charge in [-0.15, -0.1) is 0 Å². The highest BCUT2D eigenvalue weighted by atomic mass is 16.2. The molecule has 6 heteroatoms. The van der Waals surface area contributed by atoms with Crippen LogP contribution < -0.4 is 15.5 Å². The second-order valence-corrected chi connectivity index (χ2v) is 8.67. The lowest BCUT2D eigenvalue weighted by molar-refractivity contribution is -0.121. The lowest BCUT2D eigenvalue weighted by atomic mass is 9.97. The molecule has 1 unspecified atom stereocenters. The Morgan fingerprint density at radius 2 is 1.65 bits per heavy atom. The topological polar surface area (TPSA) is 64.7 Å². The van der Waals surface area contributed by atoms with Gasteiger partial charge in [-0.1, -0.05) is 12.1 Å². The van der Waals surface area contributed by atoms with Crippen molar-refractivity contribution in [1.82, 2.24) is 4.90 Å². The Kier molecular flexibility index (Phi) is 6.75. The molecule has 2 aromatic rings. The maximum atomic E-state index is 12.8. The minimum absolute atomic E-state index is 0.0150. The van der Waals surface area contributed by atoms with E-state index in [2.05, 4.69) is 27.7 Å². The number of amides is 3. The summed E-state index contributed by atoms with van der Waals surface area (Å²) in [5.74, 6) is -0.211. The van der Waals surface area contributed by atoms with Gasteiger partial charge in [0.1, 0.15) is 0 Å². The van der Waals surface area contributed by atoms with E-state index in [1.54, 1.807) is 4.90 Å². The molecule has 0 aliphatic carbocycles. The minimum atomic E-state index is -0.196. The van der Waals surface area contributed by atoms with Crippen LogP contribution in [-0.2, 0) is 4.79 Å². The highest BCUT2D eigenvalue weighted by Gasteiger charge is 2.28. The number of likely N-dealkylation sites (tertiary alicyclic amines) is 1. The van der Waals surface area contributed by atoms with Gasteiger partial charge >= 0.3 is 6.03 Å². The minimum Gasteiger partial charge on any atom is -0.372 e. The van der Waals surface area contributed by atoms with Crippen LogP contribution in [0.5, 0.6) is 0 Å². The van der Waals surface area contributed by atoms with Crippen molar-refractivity contribution in [3.05, 3.63) is 54.1 Å². The molecule has 2 fully saturated rings. The van der Waals surface area contributed by atoms with Gasteiger partial charge in [0.15, 0.2) is 0 Å². The van der Waals surface area contributed by atoms with Crippen molar-refractivity contribution >= 4 is 29.0 Å². The molecule has 2 aliphatic rings. The van der Waals surface area contributed by atoms with E-state index >= 15 is 0 Å². The molecule has 2 aliphatic heterocycles. The molecule has 0 spiro atoms. The molecule has 2 aromatic carbocycles. The van der Waals surface area contributed by atoms with E-state index in [-0.39, 0.29) is 17.9 Å². The molecule has 4 rings (SSSR count). The Morgan fingerprint density at radius 1 is 0.871 bits per heavy atom. The number of rotatable bonds is 4. The quantitative estimate of drug-likeness (QED) is 0.742. The van der Waals surface area contributed by atoms with E-state index < -0.39 is 0 Å². The summed E-state index contributed by atoms with van der Waals surface area (Å²) in [6, 6.07) is 15.7. The third-order valence-electron chi connectivity index (χ3n) is 6.20. The van der Waals surface area contributed by atoms with Crippen LogP contribution in [0.15, 0.2) is 48.5 Å². The second-order valence-electron chi connectivity index (χ2n) is 8.67. The first-order valence-electron chi connectivity index (χ1n) is 11.4. The Labute approximate surface area is 184 Å². The molecule has 0 aromatic heterocycles. The van der Waals surface area contributed by atoms with Crippen molar-refractivity contribution in [2.24, 2.45) is 5.92 Å². The molecule has 2 saturated heterocycles. The lowest BCUT2D eigenvalue weighted by Crippen LogP contribution is -2.45. The van der Waals surface area contributed by atoms with Crippen molar-refractivity contribution in [2.45, 2.75) is 39.0 Å². The van der Waals surface area contributed by atoms with Crippen molar-refractivity contribution in [3.63, 3.8) is 0 Å². The predicted molar refractivity (Wildman–Crippen MR) is 126 cm³/mol. The highest BCUT2D eigenvalue weighted by molar-refractivity contribution is 5.94. The van der Waals surface area contributed by atoms with Crippen LogP contribution in [0.25, 0.3) is 0 Å². The van der Waals surface area contributed by atoms with E-state index in [4.69, 9.17) is 0 Å². The number of carbonyl (C=O) groups excluding carboxylic acids is 2. The molecular weight excluding hydrogens is 388 g/mol. The van der Waals surface area contributed by atoms with Gasteiger partial charge in [0.05, 0.1) is 5.92 Å². The van der Waals surface area contributed by atoms with Crippen LogP contribution in [-0.4, -0.2) is 43.0 Å². The van der Waals surface area contributed by atoms with Gasteiger partial charge in [-0.25, -0.2) is 4.79 Å². The van der Waals surface area contributed by atoms with Crippen molar-refractivity contribution in [1.29, 1.82) is 0 Å². The number of hydrogen-bond donors (Lipinski definition) is 2. The summed E-state index contributed by atoms with van der Waals surface area (Å²) in [5.41, 5.74) is 3.91. The van der Waals surface area contributed by atoms with E-state index in [1.165, 1.54) is 24.9 Å². The van der Waals surface area contributed by atoms with Gasteiger partial charge in [-0.3, -0.25) is 4.79 Å². The van der Waals surface area contributed by atoms with Crippen LogP contribution in [0.4, 0.5) is 21.9 Å². The first kappa shape index (κ1) is 21.2. The zero-order valence-electron chi connectivity index (χ0n) is 18.3. The van der Waals surface area contributed by atoms with Gasteiger partial charge in [0.25, 0.3) is 0 Å².